The number of fused-ring (bicyclic) bond motifs is 1. The summed E-state index contributed by atoms with van der Waals surface area (Å²) >= 11 is 0. The van der Waals surface area contributed by atoms with Crippen LogP contribution in [0.4, 0.5) is 4.39 Å². The Kier molecular flexibility index (Phi) is 10.3. The third kappa shape index (κ3) is 7.81. The molecule has 0 spiro atoms. The molecule has 0 N–H and O–H groups in total. The first-order chi connectivity index (χ1) is 16.6. The van der Waals surface area contributed by atoms with Gasteiger partial charge in [-0.3, -0.25) is 4.98 Å². The molecule has 3 aromatic rings. The highest BCUT2D eigenvalue weighted by atomic mass is 19.1. The monoisotopic (exact) mass is 461 g/mol. The molecule has 2 aromatic carbocycles. The molecule has 0 saturated heterocycles. The smallest absolute Gasteiger partial charge is 0.131 e. The van der Waals surface area contributed by atoms with Crippen molar-refractivity contribution in [3.63, 3.8) is 0 Å². The summed E-state index contributed by atoms with van der Waals surface area (Å²) in [5, 5.41) is 2.01. The minimum absolute atomic E-state index is 0.239. The number of nitrogens with zero attached hydrogens (tertiary/aromatic N) is 1. The minimum Gasteiger partial charge on any atom is -0.490 e. The fourth-order valence-corrected chi connectivity index (χ4v) is 3.80. The third-order valence-electron chi connectivity index (χ3n) is 5.79. The van der Waals surface area contributed by atoms with Crippen molar-refractivity contribution in [2.75, 3.05) is 13.2 Å². The molecule has 180 valence electrons. The molecule has 1 aromatic heterocycles. The van der Waals surface area contributed by atoms with E-state index in [1.54, 1.807) is 18.3 Å². The highest BCUT2D eigenvalue weighted by Crippen LogP contribution is 2.26. The lowest BCUT2D eigenvalue weighted by Crippen LogP contribution is -2.08. The predicted molar refractivity (Wildman–Crippen MR) is 141 cm³/mol. The van der Waals surface area contributed by atoms with E-state index in [9.17, 15) is 4.39 Å². The molecule has 0 aliphatic heterocycles. The standard InChI is InChI=1S/C30H36FNO2/c1-4-6-10-18-33-23(3)11-8-7-9-12-24-13-14-26(20-29(24)31)30-21-25-15-16-28(34-17-5-2)19-27(25)22-32-30/h5,9,12-16,19-23H,2,4,6-8,10-11,17-18H2,1,3H3. The van der Waals surface area contributed by atoms with Crippen LogP contribution in [0.5, 0.6) is 5.75 Å². The van der Waals surface area contributed by atoms with Crippen molar-refractivity contribution in [1.29, 1.82) is 0 Å². The van der Waals surface area contributed by atoms with Gasteiger partial charge in [0.1, 0.15) is 18.2 Å². The maximum absolute atomic E-state index is 14.7. The van der Waals surface area contributed by atoms with E-state index in [-0.39, 0.29) is 11.9 Å². The molecular formula is C30H36FNO2. The van der Waals surface area contributed by atoms with Crippen molar-refractivity contribution in [3.8, 4) is 17.0 Å². The van der Waals surface area contributed by atoms with Gasteiger partial charge >= 0.3 is 0 Å². The maximum Gasteiger partial charge on any atom is 0.131 e. The average molecular weight is 462 g/mol. The maximum atomic E-state index is 14.7. The molecule has 0 fully saturated rings. The quantitative estimate of drug-likeness (QED) is 0.178. The van der Waals surface area contributed by atoms with Gasteiger partial charge in [0.15, 0.2) is 0 Å². The number of hydrogen-bond donors (Lipinski definition) is 0. The van der Waals surface area contributed by atoms with Crippen LogP contribution in [0.1, 0.15) is 57.9 Å². The Bertz CT molecular complexity index is 1090. The number of halogens is 1. The first-order valence-corrected chi connectivity index (χ1v) is 12.3. The van der Waals surface area contributed by atoms with Gasteiger partial charge < -0.3 is 9.47 Å². The molecule has 1 atom stereocenters. The van der Waals surface area contributed by atoms with Crippen molar-refractivity contribution in [2.45, 2.75) is 58.5 Å². The van der Waals surface area contributed by atoms with Crippen LogP contribution in [-0.2, 0) is 4.74 Å². The van der Waals surface area contributed by atoms with Gasteiger partial charge in [0.05, 0.1) is 11.8 Å². The second-order valence-corrected chi connectivity index (χ2v) is 8.64. The van der Waals surface area contributed by atoms with Crippen LogP contribution >= 0.6 is 0 Å². The summed E-state index contributed by atoms with van der Waals surface area (Å²) in [6, 6.07) is 13.1. The normalized spacial score (nSPS) is 12.3. The second kappa shape index (κ2) is 13.7. The number of rotatable bonds is 14. The van der Waals surface area contributed by atoms with Crippen LogP contribution in [0.15, 0.2) is 67.4 Å². The van der Waals surface area contributed by atoms with Gasteiger partial charge in [0.2, 0.25) is 0 Å². The molecule has 0 aliphatic rings. The van der Waals surface area contributed by atoms with Crippen LogP contribution in [0.3, 0.4) is 0 Å². The molecule has 1 heterocycles. The number of allylic oxidation sites excluding steroid dienone is 1. The topological polar surface area (TPSA) is 31.4 Å². The van der Waals surface area contributed by atoms with Crippen molar-refractivity contribution >= 4 is 16.8 Å². The van der Waals surface area contributed by atoms with Crippen LogP contribution in [-0.4, -0.2) is 24.3 Å². The lowest BCUT2D eigenvalue weighted by Gasteiger charge is -2.12. The third-order valence-corrected chi connectivity index (χ3v) is 5.79. The van der Waals surface area contributed by atoms with Crippen molar-refractivity contribution in [1.82, 2.24) is 4.98 Å². The van der Waals surface area contributed by atoms with Gasteiger partial charge in [-0.1, -0.05) is 62.8 Å². The first kappa shape index (κ1) is 25.6. The van der Waals surface area contributed by atoms with Gasteiger partial charge in [0, 0.05) is 29.3 Å². The summed E-state index contributed by atoms with van der Waals surface area (Å²) in [6.07, 6.45) is 14.2. The molecule has 34 heavy (non-hydrogen) atoms. The van der Waals surface area contributed by atoms with Crippen LogP contribution in [0.25, 0.3) is 28.1 Å². The Morgan fingerprint density at radius 1 is 1.06 bits per heavy atom. The number of aromatic nitrogens is 1. The molecule has 3 rings (SSSR count). The van der Waals surface area contributed by atoms with E-state index < -0.39 is 0 Å². The molecule has 4 heteroatoms. The minimum atomic E-state index is -0.239. The zero-order valence-corrected chi connectivity index (χ0v) is 20.4. The summed E-state index contributed by atoms with van der Waals surface area (Å²) in [6.45, 7) is 9.30. The van der Waals surface area contributed by atoms with E-state index in [0.717, 1.165) is 60.1 Å². The van der Waals surface area contributed by atoms with E-state index in [4.69, 9.17) is 9.47 Å². The van der Waals surface area contributed by atoms with Gasteiger partial charge in [-0.25, -0.2) is 4.39 Å². The lowest BCUT2D eigenvalue weighted by molar-refractivity contribution is 0.0566. The van der Waals surface area contributed by atoms with Gasteiger partial charge in [-0.05, 0) is 62.3 Å². The van der Waals surface area contributed by atoms with E-state index in [0.29, 0.717) is 12.2 Å². The van der Waals surface area contributed by atoms with Crippen LogP contribution in [0, 0.1) is 5.82 Å². The molecule has 0 radical (unpaired) electrons. The largest absolute Gasteiger partial charge is 0.490 e. The van der Waals surface area contributed by atoms with Crippen molar-refractivity contribution in [3.05, 3.63) is 78.8 Å². The Balaban J connectivity index is 1.55. The number of hydrogen-bond acceptors (Lipinski definition) is 3. The van der Waals surface area contributed by atoms with Crippen molar-refractivity contribution < 1.29 is 13.9 Å². The second-order valence-electron chi connectivity index (χ2n) is 8.64. The Labute approximate surface area is 203 Å². The predicted octanol–water partition coefficient (Wildman–Crippen LogP) is 8.38. The fourth-order valence-electron chi connectivity index (χ4n) is 3.80. The molecule has 1 unspecified atom stereocenters. The van der Waals surface area contributed by atoms with E-state index in [1.807, 2.05) is 48.6 Å². The van der Waals surface area contributed by atoms with E-state index in [1.165, 1.54) is 12.8 Å². The number of ether oxygens (including phenoxy) is 2. The summed E-state index contributed by atoms with van der Waals surface area (Å²) in [5.74, 6) is 0.537. The molecule has 3 nitrogen and oxygen atoms in total. The molecule has 0 saturated carbocycles. The van der Waals surface area contributed by atoms with Gasteiger partial charge in [-0.2, -0.15) is 0 Å². The SMILES string of the molecule is C=CCOc1ccc2cc(-c3ccc(C=CCCCC(C)OCCCCC)c(F)c3)ncc2c1. The van der Waals surface area contributed by atoms with Gasteiger partial charge in [-0.15, -0.1) is 0 Å². The lowest BCUT2D eigenvalue weighted by atomic mass is 10.0. The highest BCUT2D eigenvalue weighted by Gasteiger charge is 2.07. The van der Waals surface area contributed by atoms with Crippen LogP contribution in [0.2, 0.25) is 0 Å². The summed E-state index contributed by atoms with van der Waals surface area (Å²) < 4.78 is 26.1. The zero-order valence-electron chi connectivity index (χ0n) is 20.4. The summed E-state index contributed by atoms with van der Waals surface area (Å²) in [5.41, 5.74) is 2.10. The van der Waals surface area contributed by atoms with Crippen LogP contribution < -0.4 is 4.74 Å². The number of unbranched alkanes of at least 4 members (excludes halogenated alkanes) is 3. The average Bonchev–Trinajstić information content (AvgIpc) is 2.85. The fraction of sp³-hybridized carbons (Fsp3) is 0.367. The van der Waals surface area contributed by atoms with E-state index >= 15 is 0 Å². The Morgan fingerprint density at radius 2 is 1.94 bits per heavy atom. The summed E-state index contributed by atoms with van der Waals surface area (Å²) in [4.78, 5) is 4.53. The van der Waals surface area contributed by atoms with E-state index in [2.05, 4.69) is 25.4 Å². The highest BCUT2D eigenvalue weighted by molar-refractivity contribution is 5.86. The Morgan fingerprint density at radius 3 is 2.74 bits per heavy atom. The molecule has 0 amide bonds. The summed E-state index contributed by atoms with van der Waals surface area (Å²) in [7, 11) is 0. The van der Waals surface area contributed by atoms with Gasteiger partial charge in [0.25, 0.3) is 0 Å². The molecular weight excluding hydrogens is 425 g/mol. The molecule has 0 bridgehead atoms. The Hall–Kier alpha value is -2.98. The number of benzene rings is 2. The first-order valence-electron chi connectivity index (χ1n) is 12.3. The molecule has 0 aliphatic carbocycles. The van der Waals surface area contributed by atoms with Crippen molar-refractivity contribution in [2.24, 2.45) is 0 Å². The zero-order chi connectivity index (χ0) is 24.2. The number of pyridine rings is 1.